The molecule has 2 amide bonds. The van der Waals surface area contributed by atoms with Crippen molar-refractivity contribution in [3.8, 4) is 0 Å². The van der Waals surface area contributed by atoms with E-state index < -0.39 is 0 Å². The highest BCUT2D eigenvalue weighted by atomic mass is 16.2. The molecule has 1 aliphatic heterocycles. The number of carbonyl (C=O) groups excluding carboxylic acids is 2. The van der Waals surface area contributed by atoms with Crippen LogP contribution < -0.4 is 5.32 Å². The van der Waals surface area contributed by atoms with Gasteiger partial charge in [0.1, 0.15) is 0 Å². The van der Waals surface area contributed by atoms with Gasteiger partial charge in [0.15, 0.2) is 0 Å². The van der Waals surface area contributed by atoms with Gasteiger partial charge in [-0.3, -0.25) is 14.5 Å². The summed E-state index contributed by atoms with van der Waals surface area (Å²) in [4.78, 5) is 30.6. The van der Waals surface area contributed by atoms with Crippen molar-refractivity contribution < 1.29 is 9.59 Å². The molecule has 1 fully saturated rings. The predicted octanol–water partition coefficient (Wildman–Crippen LogP) is 0.991. The number of nitrogens with zero attached hydrogens (tertiary/aromatic N) is 2. The molecule has 6 nitrogen and oxygen atoms in total. The van der Waals surface area contributed by atoms with Crippen LogP contribution in [0.2, 0.25) is 0 Å². The third-order valence-electron chi connectivity index (χ3n) is 4.58. The molecule has 0 radical (unpaired) electrons. The van der Waals surface area contributed by atoms with E-state index in [1.165, 1.54) is 10.9 Å². The first-order chi connectivity index (χ1) is 11.6. The number of piperazine rings is 1. The van der Waals surface area contributed by atoms with Crippen LogP contribution in [0.3, 0.4) is 0 Å². The van der Waals surface area contributed by atoms with Crippen molar-refractivity contribution in [3.63, 3.8) is 0 Å². The number of fused-ring (bicyclic) bond motifs is 1. The molecule has 1 saturated heterocycles. The Labute approximate surface area is 141 Å². The summed E-state index contributed by atoms with van der Waals surface area (Å²) in [6.07, 6.45) is 2.83. The molecule has 24 heavy (non-hydrogen) atoms. The zero-order chi connectivity index (χ0) is 16.9. The van der Waals surface area contributed by atoms with E-state index in [1.807, 2.05) is 23.2 Å². The molecule has 0 spiro atoms. The molecule has 1 aromatic carbocycles. The molecule has 0 aliphatic carbocycles. The summed E-state index contributed by atoms with van der Waals surface area (Å²) in [5.41, 5.74) is 2.35. The van der Waals surface area contributed by atoms with Crippen molar-refractivity contribution in [1.82, 2.24) is 20.1 Å². The first-order valence-corrected chi connectivity index (χ1v) is 8.43. The number of rotatable bonds is 5. The van der Waals surface area contributed by atoms with Gasteiger partial charge in [0.25, 0.3) is 0 Å². The fraction of sp³-hybridized carbons (Fsp3) is 0.444. The number of H-pyrrole nitrogens is 1. The van der Waals surface area contributed by atoms with Gasteiger partial charge in [-0.25, -0.2) is 0 Å². The first kappa shape index (κ1) is 16.5. The van der Waals surface area contributed by atoms with Crippen molar-refractivity contribution in [2.45, 2.75) is 13.3 Å². The summed E-state index contributed by atoms with van der Waals surface area (Å²) in [7, 11) is 0. The van der Waals surface area contributed by atoms with Gasteiger partial charge in [-0.2, -0.15) is 0 Å². The second kappa shape index (κ2) is 7.49. The normalized spacial score (nSPS) is 15.6. The molecule has 1 aliphatic rings. The minimum absolute atomic E-state index is 0.0473. The van der Waals surface area contributed by atoms with Crippen LogP contribution in [0.4, 0.5) is 0 Å². The van der Waals surface area contributed by atoms with E-state index in [4.69, 9.17) is 0 Å². The second-order valence-corrected chi connectivity index (χ2v) is 6.24. The number of amides is 2. The lowest BCUT2D eigenvalue weighted by Crippen LogP contribution is -2.50. The zero-order valence-corrected chi connectivity index (χ0v) is 14.0. The van der Waals surface area contributed by atoms with Crippen LogP contribution in [0, 0.1) is 0 Å². The van der Waals surface area contributed by atoms with Gasteiger partial charge in [0.2, 0.25) is 11.8 Å². The molecule has 6 heteroatoms. The zero-order valence-electron chi connectivity index (χ0n) is 14.0. The Morgan fingerprint density at radius 3 is 2.67 bits per heavy atom. The fourth-order valence-corrected chi connectivity index (χ4v) is 3.15. The lowest BCUT2D eigenvalue weighted by atomic mass is 10.1. The molecular formula is C18H24N4O2. The molecule has 0 saturated carbocycles. The van der Waals surface area contributed by atoms with Crippen molar-refractivity contribution in [2.24, 2.45) is 0 Å². The summed E-state index contributed by atoms with van der Waals surface area (Å²) in [6.45, 7) is 5.56. The van der Waals surface area contributed by atoms with Crippen LogP contribution in [-0.2, 0) is 16.0 Å². The maximum absolute atomic E-state index is 12.1. The lowest BCUT2D eigenvalue weighted by Gasteiger charge is -2.33. The standard InChI is InChI=1S/C18H24N4O2/c1-14(23)22-10-8-21(9-11-22)13-18(24)19-7-6-15-12-20-17-5-3-2-4-16(15)17/h2-5,12,20H,6-11,13H2,1H3,(H,19,24). The topological polar surface area (TPSA) is 68.4 Å². The fourth-order valence-electron chi connectivity index (χ4n) is 3.15. The minimum Gasteiger partial charge on any atom is -0.361 e. The first-order valence-electron chi connectivity index (χ1n) is 8.43. The Bertz CT molecular complexity index is 717. The minimum atomic E-state index is 0.0473. The Morgan fingerprint density at radius 2 is 1.92 bits per heavy atom. The average Bonchev–Trinajstić information content (AvgIpc) is 2.99. The van der Waals surface area contributed by atoms with Gasteiger partial charge in [-0.15, -0.1) is 0 Å². The number of benzene rings is 1. The molecule has 2 aromatic rings. The van der Waals surface area contributed by atoms with E-state index in [9.17, 15) is 9.59 Å². The van der Waals surface area contributed by atoms with Crippen molar-refractivity contribution in [3.05, 3.63) is 36.0 Å². The molecule has 0 unspecified atom stereocenters. The number of para-hydroxylation sites is 1. The number of hydrogen-bond acceptors (Lipinski definition) is 3. The second-order valence-electron chi connectivity index (χ2n) is 6.24. The summed E-state index contributed by atoms with van der Waals surface area (Å²) in [6, 6.07) is 8.19. The van der Waals surface area contributed by atoms with Crippen LogP contribution >= 0.6 is 0 Å². The van der Waals surface area contributed by atoms with Gasteiger partial charge in [-0.1, -0.05) is 18.2 Å². The monoisotopic (exact) mass is 328 g/mol. The number of aromatic nitrogens is 1. The van der Waals surface area contributed by atoms with Crippen molar-refractivity contribution in [1.29, 1.82) is 0 Å². The maximum Gasteiger partial charge on any atom is 0.234 e. The Hall–Kier alpha value is -2.34. The van der Waals surface area contributed by atoms with Gasteiger partial charge in [0.05, 0.1) is 6.54 Å². The van der Waals surface area contributed by atoms with Gasteiger partial charge < -0.3 is 15.2 Å². The van der Waals surface area contributed by atoms with Gasteiger partial charge >= 0.3 is 0 Å². The average molecular weight is 328 g/mol. The highest BCUT2D eigenvalue weighted by Crippen LogP contribution is 2.17. The SMILES string of the molecule is CC(=O)N1CCN(CC(=O)NCCc2c[nH]c3ccccc23)CC1. The van der Waals surface area contributed by atoms with E-state index >= 15 is 0 Å². The number of nitrogens with one attached hydrogen (secondary N) is 2. The number of hydrogen-bond donors (Lipinski definition) is 2. The summed E-state index contributed by atoms with van der Waals surface area (Å²) in [5.74, 6) is 0.156. The van der Waals surface area contributed by atoms with E-state index in [1.54, 1.807) is 6.92 Å². The van der Waals surface area contributed by atoms with Crippen LogP contribution in [0.1, 0.15) is 12.5 Å². The smallest absolute Gasteiger partial charge is 0.234 e. The predicted molar refractivity (Wildman–Crippen MR) is 93.7 cm³/mol. The van der Waals surface area contributed by atoms with E-state index in [-0.39, 0.29) is 11.8 Å². The highest BCUT2D eigenvalue weighted by Gasteiger charge is 2.20. The van der Waals surface area contributed by atoms with E-state index in [2.05, 4.69) is 27.3 Å². The van der Waals surface area contributed by atoms with E-state index in [0.717, 1.165) is 25.0 Å². The summed E-state index contributed by atoms with van der Waals surface area (Å²) in [5, 5.41) is 4.21. The van der Waals surface area contributed by atoms with Crippen molar-refractivity contribution in [2.75, 3.05) is 39.3 Å². The molecule has 0 atom stereocenters. The molecule has 0 bridgehead atoms. The molecular weight excluding hydrogens is 304 g/mol. The van der Waals surface area contributed by atoms with Crippen LogP contribution in [0.15, 0.2) is 30.5 Å². The van der Waals surface area contributed by atoms with Gasteiger partial charge in [-0.05, 0) is 18.1 Å². The van der Waals surface area contributed by atoms with Crippen LogP contribution in [0.5, 0.6) is 0 Å². The summed E-state index contributed by atoms with van der Waals surface area (Å²) >= 11 is 0. The Morgan fingerprint density at radius 1 is 1.17 bits per heavy atom. The summed E-state index contributed by atoms with van der Waals surface area (Å²) < 4.78 is 0. The van der Waals surface area contributed by atoms with Crippen LogP contribution in [0.25, 0.3) is 10.9 Å². The maximum atomic E-state index is 12.1. The number of carbonyl (C=O) groups is 2. The molecule has 1 aromatic heterocycles. The van der Waals surface area contributed by atoms with Crippen LogP contribution in [-0.4, -0.2) is 65.9 Å². The van der Waals surface area contributed by atoms with E-state index in [0.29, 0.717) is 26.2 Å². The quantitative estimate of drug-likeness (QED) is 0.860. The van der Waals surface area contributed by atoms with Gasteiger partial charge in [0, 0.05) is 56.7 Å². The molecule has 128 valence electrons. The lowest BCUT2D eigenvalue weighted by molar-refractivity contribution is -0.131. The number of aromatic amines is 1. The molecule has 2 N–H and O–H groups in total. The third-order valence-corrected chi connectivity index (χ3v) is 4.58. The third kappa shape index (κ3) is 3.94. The molecule has 3 rings (SSSR count). The van der Waals surface area contributed by atoms with Crippen molar-refractivity contribution >= 4 is 22.7 Å². The largest absolute Gasteiger partial charge is 0.361 e. The highest BCUT2D eigenvalue weighted by molar-refractivity contribution is 5.83. The molecule has 2 heterocycles. The Balaban J connectivity index is 1.41. The Kier molecular flexibility index (Phi) is 5.15.